The fourth-order valence-electron chi connectivity index (χ4n) is 2.36. The maximum absolute atomic E-state index is 5.97. The molecule has 3 rings (SSSR count). The predicted octanol–water partition coefficient (Wildman–Crippen LogP) is 3.00. The zero-order chi connectivity index (χ0) is 14.1. The van der Waals surface area contributed by atoms with E-state index in [1.54, 1.807) is 0 Å². The highest BCUT2D eigenvalue weighted by Crippen LogP contribution is 2.29. The summed E-state index contributed by atoms with van der Waals surface area (Å²) in [7, 11) is 0. The first-order valence-corrected chi connectivity index (χ1v) is 6.57. The summed E-state index contributed by atoms with van der Waals surface area (Å²) in [5.74, 6) is 6.49. The molecule has 2 heterocycles. The van der Waals surface area contributed by atoms with Crippen LogP contribution in [0.3, 0.4) is 0 Å². The Bertz CT molecular complexity index is 731. The second kappa shape index (κ2) is 5.07. The van der Waals surface area contributed by atoms with Crippen LogP contribution in [0.2, 0.25) is 0 Å². The Morgan fingerprint density at radius 1 is 1.20 bits per heavy atom. The number of hydrogen-bond acceptors (Lipinski definition) is 4. The third kappa shape index (κ3) is 2.19. The first-order valence-electron chi connectivity index (χ1n) is 6.57. The summed E-state index contributed by atoms with van der Waals surface area (Å²) in [6.45, 7) is 3.99. The van der Waals surface area contributed by atoms with Gasteiger partial charge in [-0.25, -0.2) is 5.43 Å². The SMILES string of the molecule is Cc1ccc(C(NN)c2cc3cccc(C)c3o2)cn1. The van der Waals surface area contributed by atoms with Gasteiger partial charge >= 0.3 is 0 Å². The number of fused-ring (bicyclic) bond motifs is 1. The molecule has 20 heavy (non-hydrogen) atoms. The van der Waals surface area contributed by atoms with Gasteiger partial charge in [0.1, 0.15) is 17.4 Å². The van der Waals surface area contributed by atoms with Gasteiger partial charge in [0, 0.05) is 17.3 Å². The maximum atomic E-state index is 5.97. The van der Waals surface area contributed by atoms with E-state index in [0.29, 0.717) is 0 Å². The summed E-state index contributed by atoms with van der Waals surface area (Å²) in [5, 5.41) is 1.08. The van der Waals surface area contributed by atoms with Crippen molar-refractivity contribution < 1.29 is 4.42 Å². The summed E-state index contributed by atoms with van der Waals surface area (Å²) in [6, 6.07) is 11.9. The van der Waals surface area contributed by atoms with Crippen LogP contribution in [-0.2, 0) is 0 Å². The minimum absolute atomic E-state index is 0.199. The van der Waals surface area contributed by atoms with Crippen LogP contribution in [0.4, 0.5) is 0 Å². The van der Waals surface area contributed by atoms with E-state index in [-0.39, 0.29) is 6.04 Å². The minimum Gasteiger partial charge on any atom is -0.459 e. The molecular formula is C16H17N3O. The number of pyridine rings is 1. The number of benzene rings is 1. The molecule has 1 unspecified atom stereocenters. The summed E-state index contributed by atoms with van der Waals surface area (Å²) < 4.78 is 5.97. The molecule has 4 nitrogen and oxygen atoms in total. The molecule has 1 aromatic carbocycles. The van der Waals surface area contributed by atoms with Gasteiger partial charge in [0.2, 0.25) is 0 Å². The van der Waals surface area contributed by atoms with Crippen molar-refractivity contribution in [1.29, 1.82) is 0 Å². The standard InChI is InChI=1S/C16H17N3O/c1-10-4-3-5-12-8-14(20-16(10)12)15(19-17)13-7-6-11(2)18-9-13/h3-9,15,19H,17H2,1-2H3. The third-order valence-electron chi connectivity index (χ3n) is 3.48. The van der Waals surface area contributed by atoms with Gasteiger partial charge in [-0.3, -0.25) is 10.8 Å². The van der Waals surface area contributed by atoms with Crippen LogP contribution in [0.15, 0.2) is 47.0 Å². The summed E-state index contributed by atoms with van der Waals surface area (Å²) in [4.78, 5) is 4.31. The van der Waals surface area contributed by atoms with Crippen molar-refractivity contribution in [2.75, 3.05) is 0 Å². The van der Waals surface area contributed by atoms with Crippen LogP contribution in [0.5, 0.6) is 0 Å². The van der Waals surface area contributed by atoms with E-state index >= 15 is 0 Å². The average molecular weight is 267 g/mol. The van der Waals surface area contributed by atoms with Crippen molar-refractivity contribution in [3.05, 3.63) is 65.2 Å². The quantitative estimate of drug-likeness (QED) is 0.565. The molecule has 0 aliphatic carbocycles. The molecule has 0 bridgehead atoms. The van der Waals surface area contributed by atoms with Gasteiger partial charge in [-0.15, -0.1) is 0 Å². The van der Waals surface area contributed by atoms with Crippen molar-refractivity contribution >= 4 is 11.0 Å². The summed E-state index contributed by atoms with van der Waals surface area (Å²) >= 11 is 0. The van der Waals surface area contributed by atoms with Crippen LogP contribution in [-0.4, -0.2) is 4.98 Å². The second-order valence-electron chi connectivity index (χ2n) is 4.97. The van der Waals surface area contributed by atoms with Crippen molar-refractivity contribution in [3.63, 3.8) is 0 Å². The molecule has 3 N–H and O–H groups in total. The van der Waals surface area contributed by atoms with Crippen molar-refractivity contribution in [1.82, 2.24) is 10.4 Å². The Labute approximate surface area is 117 Å². The lowest BCUT2D eigenvalue weighted by Crippen LogP contribution is -2.28. The lowest BCUT2D eigenvalue weighted by Gasteiger charge is -2.13. The number of nitrogens with two attached hydrogens (primary N) is 1. The second-order valence-corrected chi connectivity index (χ2v) is 4.97. The van der Waals surface area contributed by atoms with Crippen LogP contribution in [0, 0.1) is 13.8 Å². The Hall–Kier alpha value is -2.17. The van der Waals surface area contributed by atoms with E-state index < -0.39 is 0 Å². The molecule has 4 heteroatoms. The molecule has 102 valence electrons. The molecule has 0 spiro atoms. The number of furan rings is 1. The van der Waals surface area contributed by atoms with Gasteiger partial charge < -0.3 is 4.42 Å². The Morgan fingerprint density at radius 2 is 2.05 bits per heavy atom. The van der Waals surface area contributed by atoms with Gasteiger partial charge in [0.05, 0.1) is 0 Å². The largest absolute Gasteiger partial charge is 0.459 e. The van der Waals surface area contributed by atoms with Crippen LogP contribution in [0.1, 0.15) is 28.6 Å². The lowest BCUT2D eigenvalue weighted by atomic mass is 10.1. The molecule has 0 aliphatic rings. The topological polar surface area (TPSA) is 64.1 Å². The maximum Gasteiger partial charge on any atom is 0.137 e. The molecule has 0 radical (unpaired) electrons. The van der Waals surface area contributed by atoms with Gasteiger partial charge in [-0.1, -0.05) is 24.3 Å². The number of nitrogens with zero attached hydrogens (tertiary/aromatic N) is 1. The zero-order valence-corrected chi connectivity index (χ0v) is 11.6. The monoisotopic (exact) mass is 267 g/mol. The highest BCUT2D eigenvalue weighted by atomic mass is 16.3. The van der Waals surface area contributed by atoms with Crippen LogP contribution >= 0.6 is 0 Å². The highest BCUT2D eigenvalue weighted by molar-refractivity contribution is 5.81. The van der Waals surface area contributed by atoms with E-state index in [1.807, 2.05) is 56.4 Å². The Balaban J connectivity index is 2.07. The Kier molecular flexibility index (Phi) is 3.26. The number of nitrogens with one attached hydrogen (secondary N) is 1. The van der Waals surface area contributed by atoms with Crippen LogP contribution < -0.4 is 11.3 Å². The van der Waals surface area contributed by atoms with E-state index in [2.05, 4.69) is 10.4 Å². The van der Waals surface area contributed by atoms with Gasteiger partial charge in [0.25, 0.3) is 0 Å². The lowest BCUT2D eigenvalue weighted by molar-refractivity contribution is 0.475. The number of aryl methyl sites for hydroxylation is 2. The van der Waals surface area contributed by atoms with Crippen molar-refractivity contribution in [2.24, 2.45) is 5.84 Å². The van der Waals surface area contributed by atoms with E-state index in [0.717, 1.165) is 33.6 Å². The number of para-hydroxylation sites is 1. The van der Waals surface area contributed by atoms with Crippen molar-refractivity contribution in [2.45, 2.75) is 19.9 Å². The van der Waals surface area contributed by atoms with Crippen molar-refractivity contribution in [3.8, 4) is 0 Å². The van der Waals surface area contributed by atoms with E-state index in [1.165, 1.54) is 0 Å². The van der Waals surface area contributed by atoms with E-state index in [9.17, 15) is 0 Å². The van der Waals surface area contributed by atoms with Gasteiger partial charge in [-0.05, 0) is 37.1 Å². The fourth-order valence-corrected chi connectivity index (χ4v) is 2.36. The fraction of sp³-hybridized carbons (Fsp3) is 0.188. The Morgan fingerprint density at radius 3 is 2.70 bits per heavy atom. The number of hydrazine groups is 1. The molecule has 1 atom stereocenters. The molecular weight excluding hydrogens is 250 g/mol. The number of aromatic nitrogens is 1. The number of hydrogen-bond donors (Lipinski definition) is 2. The minimum atomic E-state index is -0.199. The highest BCUT2D eigenvalue weighted by Gasteiger charge is 2.18. The molecule has 0 saturated heterocycles. The molecule has 0 fully saturated rings. The first-order chi connectivity index (χ1) is 9.69. The molecule has 2 aromatic heterocycles. The molecule has 0 amide bonds. The third-order valence-corrected chi connectivity index (χ3v) is 3.48. The molecule has 0 saturated carbocycles. The summed E-state index contributed by atoms with van der Waals surface area (Å²) in [5.41, 5.74) is 6.78. The van der Waals surface area contributed by atoms with Crippen LogP contribution in [0.25, 0.3) is 11.0 Å². The normalized spacial score (nSPS) is 12.8. The number of rotatable bonds is 3. The van der Waals surface area contributed by atoms with E-state index in [4.69, 9.17) is 10.3 Å². The first kappa shape index (κ1) is 12.8. The molecule has 3 aromatic rings. The predicted molar refractivity (Wildman–Crippen MR) is 79.1 cm³/mol. The summed E-state index contributed by atoms with van der Waals surface area (Å²) in [6.07, 6.45) is 1.82. The zero-order valence-electron chi connectivity index (χ0n) is 11.6. The van der Waals surface area contributed by atoms with Gasteiger partial charge in [-0.2, -0.15) is 0 Å². The smallest absolute Gasteiger partial charge is 0.137 e. The average Bonchev–Trinajstić information content (AvgIpc) is 2.87. The van der Waals surface area contributed by atoms with Gasteiger partial charge in [0.15, 0.2) is 0 Å². The molecule has 0 aliphatic heterocycles.